The van der Waals surface area contributed by atoms with Crippen molar-refractivity contribution in [2.45, 2.75) is 35.5 Å². The number of carbonyl (C=O) groups excluding carboxylic acids is 1. The van der Waals surface area contributed by atoms with Crippen LogP contribution in [0.2, 0.25) is 0 Å². The summed E-state index contributed by atoms with van der Waals surface area (Å²) in [6.45, 7) is 1.74. The minimum atomic E-state index is -3.97. The molecular formula is C18H19FN2O4S. The lowest BCUT2D eigenvalue weighted by Gasteiger charge is -2.15. The summed E-state index contributed by atoms with van der Waals surface area (Å²) in [6, 6.07) is 8.49. The fraction of sp³-hybridized carbons (Fsp3) is 0.222. The predicted molar refractivity (Wildman–Crippen MR) is 94.5 cm³/mol. The van der Waals surface area contributed by atoms with Gasteiger partial charge in [0.25, 0.3) is 0 Å². The minimum absolute atomic E-state index is 0.126. The molecule has 0 aromatic heterocycles. The number of halogens is 1. The van der Waals surface area contributed by atoms with Crippen LogP contribution in [0.3, 0.4) is 0 Å². The first-order chi connectivity index (χ1) is 12.1. The maximum atomic E-state index is 13.3. The van der Waals surface area contributed by atoms with Gasteiger partial charge >= 0.3 is 0 Å². The van der Waals surface area contributed by atoms with Crippen LogP contribution in [-0.4, -0.2) is 25.1 Å². The molecule has 0 unspecified atom stereocenters. The van der Waals surface area contributed by atoms with E-state index in [0.29, 0.717) is 5.56 Å². The van der Waals surface area contributed by atoms with E-state index in [9.17, 15) is 22.7 Å². The highest BCUT2D eigenvalue weighted by Crippen LogP contribution is 2.32. The van der Waals surface area contributed by atoms with Gasteiger partial charge in [-0.25, -0.2) is 12.8 Å². The van der Waals surface area contributed by atoms with Gasteiger partial charge in [0, 0.05) is 5.71 Å². The number of primary amides is 1. The van der Waals surface area contributed by atoms with Gasteiger partial charge in [0.2, 0.25) is 15.7 Å². The van der Waals surface area contributed by atoms with Crippen LogP contribution in [0.1, 0.15) is 31.2 Å². The molecule has 0 fully saturated rings. The Balaban J connectivity index is 2.29. The van der Waals surface area contributed by atoms with Gasteiger partial charge in [-0.05, 0) is 48.2 Å². The zero-order chi connectivity index (χ0) is 19.5. The van der Waals surface area contributed by atoms with Crippen molar-refractivity contribution in [3.63, 3.8) is 0 Å². The second kappa shape index (κ2) is 7.65. The number of nitrogens with two attached hydrogens (primary N) is 1. The van der Waals surface area contributed by atoms with E-state index < -0.39 is 21.6 Å². The normalized spacial score (nSPS) is 12.5. The van der Waals surface area contributed by atoms with Crippen LogP contribution in [0.5, 0.6) is 5.75 Å². The summed E-state index contributed by atoms with van der Waals surface area (Å²) in [5.41, 5.74) is 5.62. The average Bonchev–Trinajstić information content (AvgIpc) is 2.53. The van der Waals surface area contributed by atoms with Crippen molar-refractivity contribution in [3.05, 3.63) is 53.8 Å². The van der Waals surface area contributed by atoms with Crippen molar-refractivity contribution in [2.75, 3.05) is 0 Å². The molecule has 0 spiro atoms. The lowest BCUT2D eigenvalue weighted by atomic mass is 9.93. The Morgan fingerprint density at radius 3 is 2.46 bits per heavy atom. The molecule has 0 heterocycles. The van der Waals surface area contributed by atoms with Crippen LogP contribution < -0.4 is 5.73 Å². The molecule has 2 rings (SSSR count). The monoisotopic (exact) mass is 378 g/mol. The third kappa shape index (κ3) is 4.45. The zero-order valence-corrected chi connectivity index (χ0v) is 14.9. The van der Waals surface area contributed by atoms with Crippen molar-refractivity contribution in [1.82, 2.24) is 0 Å². The first kappa shape index (κ1) is 19.6. The molecule has 1 amide bonds. The number of amides is 1. The minimum Gasteiger partial charge on any atom is -0.508 e. The molecule has 0 aliphatic carbocycles. The molecule has 0 bridgehead atoms. The van der Waals surface area contributed by atoms with Gasteiger partial charge < -0.3 is 16.2 Å². The van der Waals surface area contributed by atoms with E-state index in [0.717, 1.165) is 18.2 Å². The summed E-state index contributed by atoms with van der Waals surface area (Å²) in [4.78, 5) is 10.5. The fourth-order valence-electron chi connectivity index (χ4n) is 2.64. The van der Waals surface area contributed by atoms with E-state index in [2.05, 4.69) is 0 Å². The van der Waals surface area contributed by atoms with E-state index in [1.54, 1.807) is 6.92 Å². The molecular weight excluding hydrogens is 359 g/mol. The molecule has 26 heavy (non-hydrogen) atoms. The van der Waals surface area contributed by atoms with E-state index in [-0.39, 0.29) is 40.0 Å². The van der Waals surface area contributed by atoms with Crippen LogP contribution in [0.4, 0.5) is 4.39 Å². The Bertz CT molecular complexity index is 957. The number of hydrogen-bond acceptors (Lipinski definition) is 5. The number of phenols is 1. The van der Waals surface area contributed by atoms with E-state index in [1.807, 2.05) is 0 Å². The SMILES string of the molecule is C[C@@H](CC(=N)CC(N)=O)c1ccc(S(=O)(=O)c2cccc(F)c2)cc1O. The largest absolute Gasteiger partial charge is 0.508 e. The summed E-state index contributed by atoms with van der Waals surface area (Å²) in [6.07, 6.45) is 0.0314. The molecule has 0 aliphatic rings. The molecule has 2 aromatic rings. The molecule has 0 radical (unpaired) electrons. The molecule has 0 saturated carbocycles. The molecule has 0 saturated heterocycles. The van der Waals surface area contributed by atoms with Crippen LogP contribution in [-0.2, 0) is 14.6 Å². The van der Waals surface area contributed by atoms with Gasteiger partial charge in [-0.2, -0.15) is 0 Å². The maximum Gasteiger partial charge on any atom is 0.223 e. The molecule has 6 nitrogen and oxygen atoms in total. The molecule has 2 aromatic carbocycles. The standard InChI is InChI=1S/C18H19FN2O4S/c1-11(7-13(20)9-18(21)23)16-6-5-15(10-17(16)22)26(24,25)14-4-2-3-12(19)8-14/h2-6,8,10-11,20,22H,7,9H2,1H3,(H2,21,23)/t11-/m0/s1. The third-order valence-corrected chi connectivity index (χ3v) is 5.64. The number of phenolic OH excluding ortho intramolecular Hbond substituents is 1. The van der Waals surface area contributed by atoms with E-state index in [1.165, 1.54) is 24.3 Å². The number of benzene rings is 2. The lowest BCUT2D eigenvalue weighted by molar-refractivity contribution is -0.116. The van der Waals surface area contributed by atoms with Crippen molar-refractivity contribution >= 4 is 21.5 Å². The van der Waals surface area contributed by atoms with Gasteiger partial charge in [0.05, 0.1) is 16.2 Å². The zero-order valence-electron chi connectivity index (χ0n) is 14.1. The highest BCUT2D eigenvalue weighted by Gasteiger charge is 2.21. The molecule has 4 N–H and O–H groups in total. The summed E-state index contributed by atoms with van der Waals surface area (Å²) >= 11 is 0. The van der Waals surface area contributed by atoms with Crippen molar-refractivity contribution in [2.24, 2.45) is 5.73 Å². The van der Waals surface area contributed by atoms with E-state index >= 15 is 0 Å². The first-order valence-electron chi connectivity index (χ1n) is 7.79. The fourth-order valence-corrected chi connectivity index (χ4v) is 3.95. The number of aromatic hydroxyl groups is 1. The summed E-state index contributed by atoms with van der Waals surface area (Å²) in [5, 5.41) is 18.0. The van der Waals surface area contributed by atoms with E-state index in [4.69, 9.17) is 11.1 Å². The van der Waals surface area contributed by atoms with Crippen molar-refractivity contribution < 1.29 is 22.7 Å². The second-order valence-electron chi connectivity index (χ2n) is 6.03. The van der Waals surface area contributed by atoms with Gasteiger partial charge in [0.1, 0.15) is 11.6 Å². The van der Waals surface area contributed by atoms with Gasteiger partial charge in [-0.1, -0.05) is 19.1 Å². The van der Waals surface area contributed by atoms with Gasteiger partial charge in [-0.15, -0.1) is 0 Å². The van der Waals surface area contributed by atoms with Crippen LogP contribution in [0.15, 0.2) is 52.3 Å². The van der Waals surface area contributed by atoms with Crippen LogP contribution in [0.25, 0.3) is 0 Å². The summed E-state index contributed by atoms with van der Waals surface area (Å²) in [7, 11) is -3.97. The van der Waals surface area contributed by atoms with Crippen molar-refractivity contribution in [3.8, 4) is 5.75 Å². The molecule has 1 atom stereocenters. The maximum absolute atomic E-state index is 13.3. The quantitative estimate of drug-likeness (QED) is 0.641. The Morgan fingerprint density at radius 2 is 1.88 bits per heavy atom. The second-order valence-corrected chi connectivity index (χ2v) is 7.98. The Hall–Kier alpha value is -2.74. The molecule has 138 valence electrons. The predicted octanol–water partition coefficient (Wildman–Crippen LogP) is 2.75. The van der Waals surface area contributed by atoms with Gasteiger partial charge in [-0.3, -0.25) is 4.79 Å². The lowest BCUT2D eigenvalue weighted by Crippen LogP contribution is -2.17. The smallest absolute Gasteiger partial charge is 0.223 e. The topological polar surface area (TPSA) is 121 Å². The summed E-state index contributed by atoms with van der Waals surface area (Å²) in [5.74, 6) is -1.84. The Kier molecular flexibility index (Phi) is 5.76. The number of rotatable bonds is 7. The average molecular weight is 378 g/mol. The van der Waals surface area contributed by atoms with Crippen molar-refractivity contribution in [1.29, 1.82) is 5.41 Å². The number of carbonyl (C=O) groups is 1. The van der Waals surface area contributed by atoms with Gasteiger partial charge in [0.15, 0.2) is 0 Å². The first-order valence-corrected chi connectivity index (χ1v) is 9.27. The number of hydrogen-bond donors (Lipinski definition) is 3. The summed E-state index contributed by atoms with van der Waals surface area (Å²) < 4.78 is 38.4. The molecule has 8 heteroatoms. The number of sulfone groups is 1. The Labute approximate surface area is 150 Å². The highest BCUT2D eigenvalue weighted by molar-refractivity contribution is 7.91. The van der Waals surface area contributed by atoms with Crippen LogP contribution in [0, 0.1) is 11.2 Å². The Morgan fingerprint density at radius 1 is 1.23 bits per heavy atom. The third-order valence-electron chi connectivity index (χ3n) is 3.89. The van der Waals surface area contributed by atoms with Crippen LogP contribution >= 0.6 is 0 Å². The number of nitrogens with one attached hydrogen (secondary N) is 1. The molecule has 0 aliphatic heterocycles. The highest BCUT2D eigenvalue weighted by atomic mass is 32.2.